The van der Waals surface area contributed by atoms with E-state index in [1.165, 1.54) is 19.2 Å². The van der Waals surface area contributed by atoms with Gasteiger partial charge < -0.3 is 14.9 Å². The van der Waals surface area contributed by atoms with Crippen LogP contribution in [0, 0.1) is 10.1 Å². The molecule has 0 bridgehead atoms. The number of hydrogen-bond acceptors (Lipinski definition) is 5. The van der Waals surface area contributed by atoms with Crippen molar-refractivity contribution in [2.75, 3.05) is 7.11 Å². The van der Waals surface area contributed by atoms with Crippen LogP contribution in [-0.2, 0) is 0 Å². The van der Waals surface area contributed by atoms with Gasteiger partial charge >= 0.3 is 5.69 Å². The fourth-order valence-electron chi connectivity index (χ4n) is 2.38. The first kappa shape index (κ1) is 19.1. The molecule has 0 saturated heterocycles. The van der Waals surface area contributed by atoms with Gasteiger partial charge in [-0.3, -0.25) is 10.1 Å². The Labute approximate surface area is 151 Å². The molecule has 0 aromatic heterocycles. The number of ether oxygens (including phenoxy) is 1. The molecule has 2 aromatic carbocycles. The Morgan fingerprint density at radius 3 is 2.15 bits per heavy atom. The van der Waals surface area contributed by atoms with Gasteiger partial charge in [-0.15, -0.1) is 0 Å². The van der Waals surface area contributed by atoms with Crippen LogP contribution in [0.25, 0.3) is 12.2 Å². The zero-order valence-corrected chi connectivity index (χ0v) is 14.5. The van der Waals surface area contributed by atoms with E-state index in [1.54, 1.807) is 24.3 Å². The highest BCUT2D eigenvalue weighted by Gasteiger charge is 2.12. The van der Waals surface area contributed by atoms with E-state index >= 15 is 0 Å². The first-order valence-corrected chi connectivity index (χ1v) is 8.18. The van der Waals surface area contributed by atoms with Crippen molar-refractivity contribution in [2.45, 2.75) is 19.3 Å². The average molecular weight is 355 g/mol. The zero-order valence-electron chi connectivity index (χ0n) is 14.5. The van der Waals surface area contributed by atoms with Crippen LogP contribution < -0.4 is 4.74 Å². The van der Waals surface area contributed by atoms with E-state index in [0.717, 1.165) is 24.8 Å². The minimum Gasteiger partial charge on any atom is -0.504 e. The lowest BCUT2D eigenvalue weighted by atomic mass is 10.1. The van der Waals surface area contributed by atoms with Crippen molar-refractivity contribution >= 4 is 17.8 Å². The molecule has 2 aromatic rings. The maximum absolute atomic E-state index is 10.8. The molecule has 26 heavy (non-hydrogen) atoms. The predicted molar refractivity (Wildman–Crippen MR) is 101 cm³/mol. The molecule has 0 unspecified atom stereocenters. The molecule has 0 aliphatic heterocycles. The SMILES string of the molecule is COc1cc(/C=C/CCC/C=C/c2ccc(O)c([N+](=O)[O-])c2)ccc1O. The molecule has 6 heteroatoms. The van der Waals surface area contributed by atoms with E-state index in [0.29, 0.717) is 11.3 Å². The molecule has 0 atom stereocenters. The molecule has 0 radical (unpaired) electrons. The number of phenols is 2. The number of rotatable bonds is 8. The summed E-state index contributed by atoms with van der Waals surface area (Å²) in [4.78, 5) is 10.2. The quantitative estimate of drug-likeness (QED) is 0.399. The maximum atomic E-state index is 10.8. The summed E-state index contributed by atoms with van der Waals surface area (Å²) in [6, 6.07) is 9.49. The van der Waals surface area contributed by atoms with Crippen LogP contribution in [0.2, 0.25) is 0 Å². The van der Waals surface area contributed by atoms with Crippen LogP contribution in [0.4, 0.5) is 5.69 Å². The lowest BCUT2D eigenvalue weighted by Gasteiger charge is -2.03. The number of aromatic hydroxyl groups is 2. The van der Waals surface area contributed by atoms with Gasteiger partial charge in [0.25, 0.3) is 0 Å². The Kier molecular flexibility index (Phi) is 6.79. The van der Waals surface area contributed by atoms with E-state index in [2.05, 4.69) is 0 Å². The number of unbranched alkanes of at least 4 members (excludes halogenated alkanes) is 2. The number of methoxy groups -OCH3 is 1. The molecule has 0 amide bonds. The smallest absolute Gasteiger partial charge is 0.311 e. The van der Waals surface area contributed by atoms with E-state index in [4.69, 9.17) is 4.74 Å². The monoisotopic (exact) mass is 355 g/mol. The van der Waals surface area contributed by atoms with E-state index in [-0.39, 0.29) is 17.2 Å². The second-order valence-corrected chi connectivity index (χ2v) is 5.67. The summed E-state index contributed by atoms with van der Waals surface area (Å²) in [5, 5.41) is 29.8. The maximum Gasteiger partial charge on any atom is 0.311 e. The second kappa shape index (κ2) is 9.27. The Bertz CT molecular complexity index is 827. The summed E-state index contributed by atoms with van der Waals surface area (Å²) >= 11 is 0. The van der Waals surface area contributed by atoms with E-state index < -0.39 is 4.92 Å². The highest BCUT2D eigenvalue weighted by atomic mass is 16.6. The number of phenolic OH excluding ortho intramolecular Hbond substituents is 2. The van der Waals surface area contributed by atoms with Crippen LogP contribution in [0.5, 0.6) is 17.2 Å². The first-order valence-electron chi connectivity index (χ1n) is 8.18. The molecular weight excluding hydrogens is 334 g/mol. The van der Waals surface area contributed by atoms with Crippen LogP contribution in [0.1, 0.15) is 30.4 Å². The van der Waals surface area contributed by atoms with Gasteiger partial charge in [0.2, 0.25) is 0 Å². The lowest BCUT2D eigenvalue weighted by Crippen LogP contribution is -1.88. The van der Waals surface area contributed by atoms with Gasteiger partial charge in [0.15, 0.2) is 17.2 Å². The third-order valence-corrected chi connectivity index (χ3v) is 3.76. The number of nitro groups is 1. The van der Waals surface area contributed by atoms with Crippen LogP contribution in [0.3, 0.4) is 0 Å². The standard InChI is InChI=1S/C20H21NO5/c1-26-20-14-16(10-12-19(20)23)8-6-4-2-3-5-7-15-9-11-18(22)17(13-15)21(24)25/h5-14,22-23H,2-4H2,1H3/b7-5+,8-6+. The number of hydrogen-bond donors (Lipinski definition) is 2. The number of benzene rings is 2. The average Bonchev–Trinajstić information content (AvgIpc) is 2.63. The topological polar surface area (TPSA) is 92.8 Å². The fourth-order valence-corrected chi connectivity index (χ4v) is 2.38. The summed E-state index contributed by atoms with van der Waals surface area (Å²) in [6.07, 6.45) is 10.4. The fraction of sp³-hybridized carbons (Fsp3) is 0.200. The number of nitrogens with zero attached hydrogens (tertiary/aromatic N) is 1. The second-order valence-electron chi connectivity index (χ2n) is 5.67. The molecule has 0 saturated carbocycles. The molecule has 6 nitrogen and oxygen atoms in total. The van der Waals surface area contributed by atoms with Gasteiger partial charge in [0.05, 0.1) is 12.0 Å². The zero-order chi connectivity index (χ0) is 18.9. The minimum absolute atomic E-state index is 0.115. The largest absolute Gasteiger partial charge is 0.504 e. The van der Waals surface area contributed by atoms with Crippen molar-refractivity contribution in [2.24, 2.45) is 0 Å². The number of allylic oxidation sites excluding steroid dienone is 2. The summed E-state index contributed by atoms with van der Waals surface area (Å²) in [5.74, 6) is 0.227. The van der Waals surface area contributed by atoms with Gasteiger partial charge in [-0.2, -0.15) is 0 Å². The Morgan fingerprint density at radius 2 is 1.58 bits per heavy atom. The molecule has 0 fully saturated rings. The van der Waals surface area contributed by atoms with Gasteiger partial charge in [-0.25, -0.2) is 0 Å². The van der Waals surface area contributed by atoms with Gasteiger partial charge in [0.1, 0.15) is 0 Å². The van der Waals surface area contributed by atoms with Crippen LogP contribution >= 0.6 is 0 Å². The Balaban J connectivity index is 1.81. The highest BCUT2D eigenvalue weighted by molar-refractivity contribution is 5.58. The summed E-state index contributed by atoms with van der Waals surface area (Å²) in [6.45, 7) is 0. The predicted octanol–water partition coefficient (Wildman–Crippen LogP) is 4.91. The molecule has 0 aliphatic rings. The van der Waals surface area contributed by atoms with Crippen molar-refractivity contribution in [3.63, 3.8) is 0 Å². The lowest BCUT2D eigenvalue weighted by molar-refractivity contribution is -0.385. The third-order valence-electron chi connectivity index (χ3n) is 3.76. The van der Waals surface area contributed by atoms with Crippen LogP contribution in [-0.4, -0.2) is 22.2 Å². The Morgan fingerprint density at radius 1 is 1.00 bits per heavy atom. The molecule has 2 N–H and O–H groups in total. The molecule has 2 rings (SSSR count). The molecule has 0 heterocycles. The van der Waals surface area contributed by atoms with Gasteiger partial charge in [-0.05, 0) is 48.6 Å². The molecule has 0 aliphatic carbocycles. The van der Waals surface area contributed by atoms with E-state index in [1.807, 2.05) is 24.3 Å². The van der Waals surface area contributed by atoms with E-state index in [9.17, 15) is 20.3 Å². The molecular formula is C20H21NO5. The van der Waals surface area contributed by atoms with Crippen molar-refractivity contribution in [3.05, 3.63) is 69.8 Å². The van der Waals surface area contributed by atoms with Gasteiger partial charge in [-0.1, -0.05) is 36.4 Å². The summed E-state index contributed by atoms with van der Waals surface area (Å²) < 4.78 is 5.07. The number of nitro benzene ring substituents is 1. The minimum atomic E-state index is -0.601. The summed E-state index contributed by atoms with van der Waals surface area (Å²) in [5.41, 5.74) is 1.34. The Hall–Kier alpha value is -3.28. The van der Waals surface area contributed by atoms with Crippen molar-refractivity contribution in [1.82, 2.24) is 0 Å². The first-order chi connectivity index (χ1) is 12.5. The third kappa shape index (κ3) is 5.37. The molecule has 0 spiro atoms. The van der Waals surface area contributed by atoms with Crippen molar-refractivity contribution in [3.8, 4) is 17.2 Å². The highest BCUT2D eigenvalue weighted by Crippen LogP contribution is 2.27. The van der Waals surface area contributed by atoms with Crippen molar-refractivity contribution < 1.29 is 19.9 Å². The van der Waals surface area contributed by atoms with Gasteiger partial charge in [0, 0.05) is 6.07 Å². The molecule has 136 valence electrons. The van der Waals surface area contributed by atoms with Crippen molar-refractivity contribution in [1.29, 1.82) is 0 Å². The van der Waals surface area contributed by atoms with Crippen LogP contribution in [0.15, 0.2) is 48.6 Å². The summed E-state index contributed by atoms with van der Waals surface area (Å²) in [7, 11) is 1.51. The normalized spacial score (nSPS) is 11.3.